The molecule has 18 heavy (non-hydrogen) atoms. The van der Waals surface area contributed by atoms with Gasteiger partial charge in [0.2, 0.25) is 5.91 Å². The molecule has 0 radical (unpaired) electrons. The lowest BCUT2D eigenvalue weighted by Gasteiger charge is -2.22. The van der Waals surface area contributed by atoms with Gasteiger partial charge in [-0.15, -0.1) is 0 Å². The molecule has 2 N–H and O–H groups in total. The van der Waals surface area contributed by atoms with Gasteiger partial charge in [0.25, 0.3) is 0 Å². The standard InChI is InChI=1S/C14H21N3O/c1-10-3-4-13(11(2)16-10)17-14(18)9-12-5-7-15-8-6-12/h3-4,12,15H,5-9H2,1-2H3,(H,17,18). The second-order valence-corrected chi connectivity index (χ2v) is 5.03. The van der Waals surface area contributed by atoms with Gasteiger partial charge < -0.3 is 10.6 Å². The summed E-state index contributed by atoms with van der Waals surface area (Å²) in [6, 6.07) is 3.85. The van der Waals surface area contributed by atoms with Gasteiger partial charge in [0.15, 0.2) is 0 Å². The van der Waals surface area contributed by atoms with Crippen molar-refractivity contribution in [3.63, 3.8) is 0 Å². The predicted molar refractivity (Wildman–Crippen MR) is 72.6 cm³/mol. The molecule has 0 aromatic carbocycles. The van der Waals surface area contributed by atoms with E-state index in [4.69, 9.17) is 0 Å². The quantitative estimate of drug-likeness (QED) is 0.859. The van der Waals surface area contributed by atoms with E-state index < -0.39 is 0 Å². The van der Waals surface area contributed by atoms with Gasteiger partial charge in [-0.2, -0.15) is 0 Å². The summed E-state index contributed by atoms with van der Waals surface area (Å²) in [6.45, 7) is 5.94. The zero-order chi connectivity index (χ0) is 13.0. The molecule has 4 heteroatoms. The van der Waals surface area contributed by atoms with Gasteiger partial charge in [0.05, 0.1) is 11.4 Å². The molecule has 1 aliphatic heterocycles. The van der Waals surface area contributed by atoms with Crippen LogP contribution in [0.15, 0.2) is 12.1 Å². The zero-order valence-corrected chi connectivity index (χ0v) is 11.1. The summed E-state index contributed by atoms with van der Waals surface area (Å²) >= 11 is 0. The van der Waals surface area contributed by atoms with Crippen LogP contribution in [0.25, 0.3) is 0 Å². The monoisotopic (exact) mass is 247 g/mol. The summed E-state index contributed by atoms with van der Waals surface area (Å²) in [5.74, 6) is 0.626. The first-order valence-corrected chi connectivity index (χ1v) is 6.60. The molecule has 2 heterocycles. The van der Waals surface area contributed by atoms with Crippen molar-refractivity contribution in [2.75, 3.05) is 18.4 Å². The molecule has 0 atom stereocenters. The number of nitrogens with one attached hydrogen (secondary N) is 2. The highest BCUT2D eigenvalue weighted by Crippen LogP contribution is 2.18. The molecule has 1 aromatic rings. The highest BCUT2D eigenvalue weighted by Gasteiger charge is 2.17. The molecule has 0 bridgehead atoms. The normalized spacial score (nSPS) is 16.6. The zero-order valence-electron chi connectivity index (χ0n) is 11.1. The number of anilines is 1. The van der Waals surface area contributed by atoms with Crippen molar-refractivity contribution >= 4 is 11.6 Å². The topological polar surface area (TPSA) is 54.0 Å². The van der Waals surface area contributed by atoms with Crippen LogP contribution >= 0.6 is 0 Å². The maximum absolute atomic E-state index is 12.0. The molecule has 1 aliphatic rings. The number of carbonyl (C=O) groups is 1. The number of aromatic nitrogens is 1. The maximum atomic E-state index is 12.0. The van der Waals surface area contributed by atoms with Crippen LogP contribution in [-0.4, -0.2) is 24.0 Å². The lowest BCUT2D eigenvalue weighted by Crippen LogP contribution is -2.30. The first kappa shape index (κ1) is 13.0. The van der Waals surface area contributed by atoms with E-state index in [2.05, 4.69) is 15.6 Å². The highest BCUT2D eigenvalue weighted by atomic mass is 16.1. The Labute approximate surface area is 108 Å². The second kappa shape index (κ2) is 5.96. The Morgan fingerprint density at radius 3 is 2.78 bits per heavy atom. The van der Waals surface area contributed by atoms with Gasteiger partial charge >= 0.3 is 0 Å². The van der Waals surface area contributed by atoms with Crippen LogP contribution in [0.1, 0.15) is 30.7 Å². The van der Waals surface area contributed by atoms with Crippen LogP contribution < -0.4 is 10.6 Å². The first-order chi connectivity index (χ1) is 8.65. The minimum atomic E-state index is 0.107. The Hall–Kier alpha value is -1.42. The fourth-order valence-corrected chi connectivity index (χ4v) is 2.37. The van der Waals surface area contributed by atoms with E-state index in [9.17, 15) is 4.79 Å². The molecule has 1 fully saturated rings. The average Bonchev–Trinajstić information content (AvgIpc) is 2.34. The summed E-state index contributed by atoms with van der Waals surface area (Å²) in [5, 5.41) is 6.27. The summed E-state index contributed by atoms with van der Waals surface area (Å²) < 4.78 is 0. The fraction of sp³-hybridized carbons (Fsp3) is 0.571. The number of nitrogens with zero attached hydrogens (tertiary/aromatic N) is 1. The van der Waals surface area contributed by atoms with Crippen molar-refractivity contribution in [1.29, 1.82) is 0 Å². The molecular formula is C14H21N3O. The van der Waals surface area contributed by atoms with Crippen molar-refractivity contribution in [2.24, 2.45) is 5.92 Å². The molecule has 2 rings (SSSR count). The number of hydrogen-bond donors (Lipinski definition) is 2. The fourth-order valence-electron chi connectivity index (χ4n) is 2.37. The van der Waals surface area contributed by atoms with E-state index in [0.29, 0.717) is 12.3 Å². The number of pyridine rings is 1. The smallest absolute Gasteiger partial charge is 0.224 e. The number of rotatable bonds is 3. The van der Waals surface area contributed by atoms with Crippen LogP contribution in [0, 0.1) is 19.8 Å². The van der Waals surface area contributed by atoms with E-state index in [1.54, 1.807) is 0 Å². The minimum Gasteiger partial charge on any atom is -0.324 e. The van der Waals surface area contributed by atoms with Crippen molar-refractivity contribution < 1.29 is 4.79 Å². The second-order valence-electron chi connectivity index (χ2n) is 5.03. The molecule has 0 unspecified atom stereocenters. The largest absolute Gasteiger partial charge is 0.324 e. The highest BCUT2D eigenvalue weighted by molar-refractivity contribution is 5.91. The molecule has 0 aliphatic carbocycles. The SMILES string of the molecule is Cc1ccc(NC(=O)CC2CCNCC2)c(C)n1. The third kappa shape index (κ3) is 3.53. The van der Waals surface area contributed by atoms with Gasteiger partial charge in [-0.3, -0.25) is 9.78 Å². The van der Waals surface area contributed by atoms with Gasteiger partial charge in [-0.1, -0.05) is 0 Å². The van der Waals surface area contributed by atoms with Gasteiger partial charge in [0, 0.05) is 12.1 Å². The van der Waals surface area contributed by atoms with Crippen LogP contribution in [0.5, 0.6) is 0 Å². The molecule has 98 valence electrons. The first-order valence-electron chi connectivity index (χ1n) is 6.60. The van der Waals surface area contributed by atoms with Crippen LogP contribution in [-0.2, 0) is 4.79 Å². The number of piperidine rings is 1. The van der Waals surface area contributed by atoms with Crippen molar-refractivity contribution in [3.05, 3.63) is 23.5 Å². The van der Waals surface area contributed by atoms with Crippen LogP contribution in [0.3, 0.4) is 0 Å². The Bertz CT molecular complexity index is 425. The maximum Gasteiger partial charge on any atom is 0.224 e. The van der Waals surface area contributed by atoms with Gasteiger partial charge in [-0.05, 0) is 57.8 Å². The van der Waals surface area contributed by atoms with E-state index >= 15 is 0 Å². The summed E-state index contributed by atoms with van der Waals surface area (Å²) in [7, 11) is 0. The lowest BCUT2D eigenvalue weighted by molar-refractivity contribution is -0.117. The number of amides is 1. The van der Waals surface area contributed by atoms with E-state index in [1.807, 2.05) is 26.0 Å². The summed E-state index contributed by atoms with van der Waals surface area (Å²) in [5.41, 5.74) is 2.69. The molecular weight excluding hydrogens is 226 g/mol. The Morgan fingerprint density at radius 1 is 1.39 bits per heavy atom. The summed E-state index contributed by atoms with van der Waals surface area (Å²) in [6.07, 6.45) is 2.81. The molecule has 0 spiro atoms. The van der Waals surface area contributed by atoms with E-state index in [-0.39, 0.29) is 5.91 Å². The third-order valence-electron chi connectivity index (χ3n) is 3.43. The van der Waals surface area contributed by atoms with Crippen molar-refractivity contribution in [2.45, 2.75) is 33.1 Å². The van der Waals surface area contributed by atoms with Crippen LogP contribution in [0.2, 0.25) is 0 Å². The molecule has 1 aromatic heterocycles. The van der Waals surface area contributed by atoms with Gasteiger partial charge in [0.1, 0.15) is 0 Å². The summed E-state index contributed by atoms with van der Waals surface area (Å²) in [4.78, 5) is 16.3. The number of aryl methyl sites for hydroxylation is 2. The van der Waals surface area contributed by atoms with Crippen LogP contribution in [0.4, 0.5) is 5.69 Å². The van der Waals surface area contributed by atoms with Gasteiger partial charge in [-0.25, -0.2) is 0 Å². The molecule has 4 nitrogen and oxygen atoms in total. The third-order valence-corrected chi connectivity index (χ3v) is 3.43. The van der Waals surface area contributed by atoms with E-state index in [1.165, 1.54) is 0 Å². The Kier molecular flexibility index (Phi) is 4.31. The Balaban J connectivity index is 1.90. The molecule has 1 saturated heterocycles. The molecule has 0 saturated carbocycles. The van der Waals surface area contributed by atoms with E-state index in [0.717, 1.165) is 43.0 Å². The minimum absolute atomic E-state index is 0.107. The predicted octanol–water partition coefficient (Wildman–Crippen LogP) is 2.03. The average molecular weight is 247 g/mol. The number of hydrogen-bond acceptors (Lipinski definition) is 3. The Morgan fingerprint density at radius 2 is 2.11 bits per heavy atom. The van der Waals surface area contributed by atoms with Crippen molar-refractivity contribution in [1.82, 2.24) is 10.3 Å². The lowest BCUT2D eigenvalue weighted by atomic mass is 9.94. The number of carbonyl (C=O) groups excluding carboxylic acids is 1. The molecule has 1 amide bonds. The van der Waals surface area contributed by atoms with Crippen molar-refractivity contribution in [3.8, 4) is 0 Å².